The van der Waals surface area contributed by atoms with Gasteiger partial charge in [0.1, 0.15) is 11.5 Å². The third kappa shape index (κ3) is 3.99. The number of piperazine rings is 1. The highest BCUT2D eigenvalue weighted by atomic mass is 16.5. The van der Waals surface area contributed by atoms with Crippen molar-refractivity contribution in [2.24, 2.45) is 5.92 Å². The lowest BCUT2D eigenvalue weighted by atomic mass is 10.1. The van der Waals surface area contributed by atoms with Crippen LogP contribution in [0.25, 0.3) is 6.08 Å². The first kappa shape index (κ1) is 15.3. The average Bonchev–Trinajstić information content (AvgIpc) is 3.17. The molecule has 2 aliphatic rings. The smallest absolute Gasteiger partial charge is 0.246 e. The predicted octanol–water partition coefficient (Wildman–Crippen LogP) is 1.78. The lowest BCUT2D eigenvalue weighted by Crippen LogP contribution is -2.49. The quantitative estimate of drug-likeness (QED) is 0.796. The van der Waals surface area contributed by atoms with Crippen LogP contribution in [0.1, 0.15) is 17.9 Å². The molecule has 3 heterocycles. The molecule has 5 nitrogen and oxygen atoms in total. The maximum absolute atomic E-state index is 12.2. The first-order valence-corrected chi connectivity index (χ1v) is 8.04. The lowest BCUT2D eigenvalue weighted by Gasteiger charge is -2.35. The summed E-state index contributed by atoms with van der Waals surface area (Å²) in [5, 5.41) is 0. The van der Waals surface area contributed by atoms with Crippen LogP contribution in [0.5, 0.6) is 0 Å². The van der Waals surface area contributed by atoms with Gasteiger partial charge in [0, 0.05) is 45.4 Å². The Morgan fingerprint density at radius 2 is 2.14 bits per heavy atom. The zero-order valence-corrected chi connectivity index (χ0v) is 13.2. The summed E-state index contributed by atoms with van der Waals surface area (Å²) in [7, 11) is 0. The van der Waals surface area contributed by atoms with Gasteiger partial charge in [0.25, 0.3) is 0 Å². The van der Waals surface area contributed by atoms with Crippen molar-refractivity contribution >= 4 is 12.0 Å². The highest BCUT2D eigenvalue weighted by molar-refractivity contribution is 5.91. The van der Waals surface area contributed by atoms with E-state index in [-0.39, 0.29) is 5.91 Å². The van der Waals surface area contributed by atoms with E-state index in [1.807, 2.05) is 24.0 Å². The van der Waals surface area contributed by atoms with Gasteiger partial charge in [-0.25, -0.2) is 0 Å². The third-order valence-electron chi connectivity index (χ3n) is 4.38. The fourth-order valence-corrected chi connectivity index (χ4v) is 3.05. The normalized spacial score (nSPS) is 23.5. The molecule has 2 fully saturated rings. The number of carbonyl (C=O) groups is 1. The van der Waals surface area contributed by atoms with Crippen molar-refractivity contribution in [3.63, 3.8) is 0 Å². The Hall–Kier alpha value is -1.59. The number of amides is 1. The van der Waals surface area contributed by atoms with Crippen LogP contribution in [0, 0.1) is 12.8 Å². The Morgan fingerprint density at radius 1 is 1.32 bits per heavy atom. The maximum atomic E-state index is 12.2. The molecule has 1 unspecified atom stereocenters. The second-order valence-corrected chi connectivity index (χ2v) is 6.14. The Labute approximate surface area is 131 Å². The summed E-state index contributed by atoms with van der Waals surface area (Å²) < 4.78 is 10.9. The zero-order chi connectivity index (χ0) is 15.4. The number of nitrogens with zero attached hydrogens (tertiary/aromatic N) is 2. The summed E-state index contributed by atoms with van der Waals surface area (Å²) in [6, 6.07) is 3.77. The molecule has 1 aromatic heterocycles. The highest BCUT2D eigenvalue weighted by Crippen LogP contribution is 2.15. The van der Waals surface area contributed by atoms with Crippen LogP contribution in [-0.2, 0) is 9.53 Å². The summed E-state index contributed by atoms with van der Waals surface area (Å²) in [4.78, 5) is 16.5. The molecule has 0 N–H and O–H groups in total. The maximum Gasteiger partial charge on any atom is 0.246 e. The van der Waals surface area contributed by atoms with Gasteiger partial charge < -0.3 is 14.1 Å². The molecular weight excluding hydrogens is 280 g/mol. The van der Waals surface area contributed by atoms with E-state index in [1.165, 1.54) is 6.42 Å². The molecule has 0 radical (unpaired) electrons. The van der Waals surface area contributed by atoms with Gasteiger partial charge in [0.2, 0.25) is 5.91 Å². The van der Waals surface area contributed by atoms with Gasteiger partial charge in [0.05, 0.1) is 6.61 Å². The van der Waals surface area contributed by atoms with Gasteiger partial charge >= 0.3 is 0 Å². The van der Waals surface area contributed by atoms with E-state index in [0.717, 1.165) is 57.5 Å². The minimum atomic E-state index is 0.0675. The monoisotopic (exact) mass is 304 g/mol. The molecule has 0 aromatic carbocycles. The minimum Gasteiger partial charge on any atom is -0.462 e. The largest absolute Gasteiger partial charge is 0.462 e. The first-order valence-electron chi connectivity index (χ1n) is 8.04. The molecule has 2 aliphatic heterocycles. The summed E-state index contributed by atoms with van der Waals surface area (Å²) >= 11 is 0. The molecule has 1 aromatic rings. The number of rotatable bonds is 4. The van der Waals surface area contributed by atoms with E-state index < -0.39 is 0 Å². The van der Waals surface area contributed by atoms with Crippen LogP contribution in [0.4, 0.5) is 0 Å². The molecule has 3 rings (SSSR count). The molecule has 0 aliphatic carbocycles. The van der Waals surface area contributed by atoms with Crippen molar-refractivity contribution in [2.75, 3.05) is 45.9 Å². The first-order chi connectivity index (χ1) is 10.7. The van der Waals surface area contributed by atoms with Gasteiger partial charge in [-0.15, -0.1) is 0 Å². The van der Waals surface area contributed by atoms with Crippen molar-refractivity contribution in [2.45, 2.75) is 13.3 Å². The Balaban J connectivity index is 1.44. The lowest BCUT2D eigenvalue weighted by molar-refractivity contribution is -0.127. The van der Waals surface area contributed by atoms with E-state index in [9.17, 15) is 4.79 Å². The van der Waals surface area contributed by atoms with Crippen molar-refractivity contribution in [1.82, 2.24) is 9.80 Å². The van der Waals surface area contributed by atoms with Crippen LogP contribution < -0.4 is 0 Å². The number of aryl methyl sites for hydroxylation is 1. The molecule has 22 heavy (non-hydrogen) atoms. The van der Waals surface area contributed by atoms with Crippen molar-refractivity contribution in [3.8, 4) is 0 Å². The molecular formula is C17H24N2O3. The van der Waals surface area contributed by atoms with E-state index >= 15 is 0 Å². The molecule has 2 saturated heterocycles. The Kier molecular flexibility index (Phi) is 4.95. The molecule has 0 spiro atoms. The fourth-order valence-electron chi connectivity index (χ4n) is 3.05. The minimum absolute atomic E-state index is 0.0675. The second-order valence-electron chi connectivity index (χ2n) is 6.14. The summed E-state index contributed by atoms with van der Waals surface area (Å²) in [6.45, 7) is 8.30. The van der Waals surface area contributed by atoms with Crippen molar-refractivity contribution in [3.05, 3.63) is 29.7 Å². The Morgan fingerprint density at radius 3 is 2.77 bits per heavy atom. The molecule has 5 heteroatoms. The summed E-state index contributed by atoms with van der Waals surface area (Å²) in [5.74, 6) is 2.32. The number of hydrogen-bond donors (Lipinski definition) is 0. The number of ether oxygens (including phenoxy) is 1. The number of hydrogen-bond acceptors (Lipinski definition) is 4. The van der Waals surface area contributed by atoms with Crippen LogP contribution in [0.2, 0.25) is 0 Å². The standard InChI is InChI=1S/C17H24N2O3/c1-14-2-3-16(22-14)4-5-17(20)19-9-7-18(8-10-19)12-15-6-11-21-13-15/h2-5,15H,6-13H2,1H3/b5-4+. The number of furan rings is 1. The number of carbonyl (C=O) groups excluding carboxylic acids is 1. The zero-order valence-electron chi connectivity index (χ0n) is 13.2. The fraction of sp³-hybridized carbons (Fsp3) is 0.588. The summed E-state index contributed by atoms with van der Waals surface area (Å²) in [6.07, 6.45) is 4.53. The topological polar surface area (TPSA) is 45.9 Å². The SMILES string of the molecule is Cc1ccc(/C=C/C(=O)N2CCN(CC3CCOC3)CC2)o1. The van der Waals surface area contributed by atoms with Crippen LogP contribution >= 0.6 is 0 Å². The van der Waals surface area contributed by atoms with Crippen molar-refractivity contribution in [1.29, 1.82) is 0 Å². The van der Waals surface area contributed by atoms with Gasteiger partial charge in [-0.1, -0.05) is 0 Å². The van der Waals surface area contributed by atoms with E-state index in [2.05, 4.69) is 4.90 Å². The third-order valence-corrected chi connectivity index (χ3v) is 4.38. The average molecular weight is 304 g/mol. The van der Waals surface area contributed by atoms with E-state index in [0.29, 0.717) is 5.92 Å². The van der Waals surface area contributed by atoms with E-state index in [1.54, 1.807) is 12.2 Å². The Bertz CT molecular complexity index is 524. The summed E-state index contributed by atoms with van der Waals surface area (Å²) in [5.41, 5.74) is 0. The molecule has 120 valence electrons. The van der Waals surface area contributed by atoms with Gasteiger partial charge in [0.15, 0.2) is 0 Å². The van der Waals surface area contributed by atoms with Crippen molar-refractivity contribution < 1.29 is 13.9 Å². The predicted molar refractivity (Wildman–Crippen MR) is 84.4 cm³/mol. The van der Waals surface area contributed by atoms with Crippen LogP contribution in [0.3, 0.4) is 0 Å². The van der Waals surface area contributed by atoms with Gasteiger partial charge in [-0.05, 0) is 37.5 Å². The highest BCUT2D eigenvalue weighted by Gasteiger charge is 2.23. The molecule has 0 saturated carbocycles. The van der Waals surface area contributed by atoms with Gasteiger partial charge in [-0.2, -0.15) is 0 Å². The van der Waals surface area contributed by atoms with Gasteiger partial charge in [-0.3, -0.25) is 9.69 Å². The van der Waals surface area contributed by atoms with Crippen LogP contribution in [-0.4, -0.2) is 61.6 Å². The molecule has 1 atom stereocenters. The molecule has 0 bridgehead atoms. The van der Waals surface area contributed by atoms with Crippen LogP contribution in [0.15, 0.2) is 22.6 Å². The van der Waals surface area contributed by atoms with E-state index in [4.69, 9.17) is 9.15 Å². The second kappa shape index (κ2) is 7.11. The molecule has 1 amide bonds.